The minimum absolute atomic E-state index is 0.122. The number of rotatable bonds is 4. The average Bonchev–Trinajstić information content (AvgIpc) is 2.98. The third-order valence-corrected chi connectivity index (χ3v) is 3.88. The Bertz CT molecular complexity index is 685. The molecule has 2 aromatic heterocycles. The molecule has 1 amide bonds. The van der Waals surface area contributed by atoms with E-state index in [1.165, 1.54) is 0 Å². The zero-order valence-electron chi connectivity index (χ0n) is 13.5. The molecular weight excluding hydrogens is 294 g/mol. The molecule has 0 radical (unpaired) electrons. The van der Waals surface area contributed by atoms with Gasteiger partial charge in [0.15, 0.2) is 0 Å². The van der Waals surface area contributed by atoms with Crippen LogP contribution in [0.25, 0.3) is 0 Å². The third kappa shape index (κ3) is 3.92. The van der Waals surface area contributed by atoms with Crippen LogP contribution in [0.4, 0.5) is 0 Å². The Labute approximate surface area is 135 Å². The van der Waals surface area contributed by atoms with E-state index in [0.717, 1.165) is 11.4 Å². The second-order valence-corrected chi connectivity index (χ2v) is 5.70. The number of aromatic nitrogens is 4. The molecule has 0 saturated carbocycles. The molecule has 2 aromatic rings. The van der Waals surface area contributed by atoms with E-state index >= 15 is 0 Å². The predicted octanol–water partition coefficient (Wildman–Crippen LogP) is 1.28. The second-order valence-electron chi connectivity index (χ2n) is 5.70. The maximum atomic E-state index is 12.4. The molecule has 7 nitrogen and oxygen atoms in total. The van der Waals surface area contributed by atoms with Gasteiger partial charge >= 0.3 is 0 Å². The molecule has 3 heterocycles. The van der Waals surface area contributed by atoms with Crippen LogP contribution in [0.2, 0.25) is 0 Å². The Morgan fingerprint density at radius 1 is 1.39 bits per heavy atom. The number of ether oxygens (including phenoxy) is 1. The molecule has 7 heteroatoms. The number of amides is 1. The summed E-state index contributed by atoms with van der Waals surface area (Å²) >= 11 is 0. The topological polar surface area (TPSA) is 73.1 Å². The molecule has 1 aliphatic rings. The highest BCUT2D eigenvalue weighted by molar-refractivity contribution is 5.76. The van der Waals surface area contributed by atoms with Crippen molar-refractivity contribution in [2.75, 3.05) is 19.7 Å². The fraction of sp³-hybridized carbons (Fsp3) is 0.500. The fourth-order valence-electron chi connectivity index (χ4n) is 2.66. The minimum Gasteiger partial charge on any atom is -0.368 e. The summed E-state index contributed by atoms with van der Waals surface area (Å²) in [6, 6.07) is 3.78. The lowest BCUT2D eigenvalue weighted by molar-refractivity contribution is -0.139. The van der Waals surface area contributed by atoms with Crippen molar-refractivity contribution >= 4 is 5.91 Å². The summed E-state index contributed by atoms with van der Waals surface area (Å²) in [4.78, 5) is 22.8. The van der Waals surface area contributed by atoms with Crippen molar-refractivity contribution in [1.29, 1.82) is 0 Å². The molecule has 1 fully saturated rings. The molecule has 0 N–H and O–H groups in total. The quantitative estimate of drug-likeness (QED) is 0.850. The monoisotopic (exact) mass is 315 g/mol. The van der Waals surface area contributed by atoms with Gasteiger partial charge in [-0.05, 0) is 26.0 Å². The van der Waals surface area contributed by atoms with E-state index in [4.69, 9.17) is 4.74 Å². The molecule has 0 aromatic carbocycles. The number of aryl methyl sites for hydroxylation is 3. The molecule has 3 rings (SSSR count). The summed E-state index contributed by atoms with van der Waals surface area (Å²) in [6.07, 6.45) is 3.88. The summed E-state index contributed by atoms with van der Waals surface area (Å²) in [6.45, 7) is 6.07. The van der Waals surface area contributed by atoms with Crippen molar-refractivity contribution in [1.82, 2.24) is 24.6 Å². The Morgan fingerprint density at radius 3 is 3.00 bits per heavy atom. The van der Waals surface area contributed by atoms with Crippen LogP contribution in [0.1, 0.15) is 29.7 Å². The maximum Gasteiger partial charge on any atom is 0.224 e. The van der Waals surface area contributed by atoms with E-state index in [1.807, 2.05) is 37.1 Å². The van der Waals surface area contributed by atoms with Gasteiger partial charge in [0.25, 0.3) is 0 Å². The smallest absolute Gasteiger partial charge is 0.224 e. The molecule has 1 aliphatic heterocycles. The van der Waals surface area contributed by atoms with Crippen LogP contribution in [-0.2, 0) is 16.1 Å². The van der Waals surface area contributed by atoms with Gasteiger partial charge in [0.1, 0.15) is 11.9 Å². The first-order valence-electron chi connectivity index (χ1n) is 7.81. The first kappa shape index (κ1) is 15.6. The zero-order chi connectivity index (χ0) is 16.2. The molecule has 23 heavy (non-hydrogen) atoms. The zero-order valence-corrected chi connectivity index (χ0v) is 13.5. The Morgan fingerprint density at radius 2 is 2.26 bits per heavy atom. The van der Waals surface area contributed by atoms with E-state index in [9.17, 15) is 4.79 Å². The van der Waals surface area contributed by atoms with Crippen LogP contribution in [0.3, 0.4) is 0 Å². The molecule has 0 aliphatic carbocycles. The lowest BCUT2D eigenvalue weighted by Gasteiger charge is -2.32. The molecule has 0 spiro atoms. The summed E-state index contributed by atoms with van der Waals surface area (Å²) < 4.78 is 7.57. The number of carbonyl (C=O) groups excluding carboxylic acids is 1. The van der Waals surface area contributed by atoms with Crippen molar-refractivity contribution in [3.05, 3.63) is 41.7 Å². The van der Waals surface area contributed by atoms with Crippen LogP contribution in [0.5, 0.6) is 0 Å². The largest absolute Gasteiger partial charge is 0.368 e. The molecule has 1 saturated heterocycles. The molecule has 0 unspecified atom stereocenters. The fourth-order valence-corrected chi connectivity index (χ4v) is 2.66. The lowest BCUT2D eigenvalue weighted by atomic mass is 10.2. The van der Waals surface area contributed by atoms with Crippen LogP contribution in [0, 0.1) is 13.8 Å². The normalized spacial score (nSPS) is 18.2. The molecule has 122 valence electrons. The summed E-state index contributed by atoms with van der Waals surface area (Å²) in [5.41, 5.74) is 1.79. The average molecular weight is 315 g/mol. The molecule has 1 atom stereocenters. The van der Waals surface area contributed by atoms with Gasteiger partial charge in [0.2, 0.25) is 5.91 Å². The van der Waals surface area contributed by atoms with Gasteiger partial charge in [-0.1, -0.05) is 0 Å². The van der Waals surface area contributed by atoms with Gasteiger partial charge in [-0.15, -0.1) is 0 Å². The van der Waals surface area contributed by atoms with Gasteiger partial charge in [-0.3, -0.25) is 9.48 Å². The summed E-state index contributed by atoms with van der Waals surface area (Å²) in [5, 5.41) is 4.30. The van der Waals surface area contributed by atoms with Gasteiger partial charge in [-0.25, -0.2) is 9.97 Å². The molecule has 0 bridgehead atoms. The van der Waals surface area contributed by atoms with E-state index < -0.39 is 0 Å². The number of morpholine rings is 1. The SMILES string of the molecule is Cc1ccn(CCC(=O)N2CCO[C@@H](c3ccnc(C)n3)C2)n1. The predicted molar refractivity (Wildman–Crippen MR) is 83.6 cm³/mol. The highest BCUT2D eigenvalue weighted by Crippen LogP contribution is 2.20. The van der Waals surface area contributed by atoms with Crippen LogP contribution in [0.15, 0.2) is 24.5 Å². The number of nitrogens with zero attached hydrogens (tertiary/aromatic N) is 5. The molecular formula is C16H21N5O2. The van der Waals surface area contributed by atoms with Crippen molar-refractivity contribution in [2.45, 2.75) is 32.9 Å². The Balaban J connectivity index is 1.58. The van der Waals surface area contributed by atoms with E-state index in [1.54, 1.807) is 10.9 Å². The summed E-state index contributed by atoms with van der Waals surface area (Å²) in [5.74, 6) is 0.834. The summed E-state index contributed by atoms with van der Waals surface area (Å²) in [7, 11) is 0. The Hall–Kier alpha value is -2.28. The van der Waals surface area contributed by atoms with E-state index in [2.05, 4.69) is 15.1 Å². The van der Waals surface area contributed by atoms with Gasteiger partial charge in [0.05, 0.1) is 24.5 Å². The highest BCUT2D eigenvalue weighted by Gasteiger charge is 2.26. The minimum atomic E-state index is -0.179. The van der Waals surface area contributed by atoms with Crippen molar-refractivity contribution in [2.24, 2.45) is 0 Å². The van der Waals surface area contributed by atoms with Crippen LogP contribution >= 0.6 is 0 Å². The lowest BCUT2D eigenvalue weighted by Crippen LogP contribution is -2.42. The van der Waals surface area contributed by atoms with E-state index in [0.29, 0.717) is 38.5 Å². The van der Waals surface area contributed by atoms with Gasteiger partial charge in [-0.2, -0.15) is 5.10 Å². The second kappa shape index (κ2) is 6.87. The first-order chi connectivity index (χ1) is 11.1. The number of hydrogen-bond donors (Lipinski definition) is 0. The highest BCUT2D eigenvalue weighted by atomic mass is 16.5. The van der Waals surface area contributed by atoms with Crippen LogP contribution < -0.4 is 0 Å². The van der Waals surface area contributed by atoms with Gasteiger partial charge < -0.3 is 9.64 Å². The number of carbonyl (C=O) groups is 1. The van der Waals surface area contributed by atoms with E-state index in [-0.39, 0.29) is 12.0 Å². The Kier molecular flexibility index (Phi) is 4.66. The van der Waals surface area contributed by atoms with Crippen LogP contribution in [-0.4, -0.2) is 50.3 Å². The van der Waals surface area contributed by atoms with Gasteiger partial charge in [0, 0.05) is 31.9 Å². The number of hydrogen-bond acceptors (Lipinski definition) is 5. The van der Waals surface area contributed by atoms with Crippen molar-refractivity contribution in [3.63, 3.8) is 0 Å². The third-order valence-electron chi connectivity index (χ3n) is 3.88. The standard InChI is InChI=1S/C16H21N5O2/c1-12-4-7-21(19-12)8-5-16(22)20-9-10-23-15(11-20)14-3-6-17-13(2)18-14/h3-4,6-7,15H,5,8-11H2,1-2H3/t15-/m1/s1. The van der Waals surface area contributed by atoms with Crippen molar-refractivity contribution in [3.8, 4) is 0 Å². The first-order valence-corrected chi connectivity index (χ1v) is 7.81. The van der Waals surface area contributed by atoms with Crippen molar-refractivity contribution < 1.29 is 9.53 Å². The maximum absolute atomic E-state index is 12.4.